The molecule has 0 aliphatic carbocycles. The zero-order chi connectivity index (χ0) is 24.2. The summed E-state index contributed by atoms with van der Waals surface area (Å²) in [6, 6.07) is 18.3. The first-order valence-electron chi connectivity index (χ1n) is 10.0. The number of amides is 2. The monoisotopic (exact) mass is 476 g/mol. The van der Waals surface area contributed by atoms with Crippen LogP contribution in [-0.2, 0) is 16.2 Å². The van der Waals surface area contributed by atoms with Gasteiger partial charge in [-0.25, -0.2) is 9.18 Å². The lowest BCUT2D eigenvalue weighted by Gasteiger charge is -2.29. The van der Waals surface area contributed by atoms with Crippen LogP contribution in [0, 0.1) is 5.82 Å². The number of para-hydroxylation sites is 1. The molecule has 170 valence electrons. The third-order valence-electron chi connectivity index (χ3n) is 4.98. The van der Waals surface area contributed by atoms with Crippen molar-refractivity contribution >= 4 is 46.9 Å². The number of thiocarbonyl (C=S) groups is 1. The van der Waals surface area contributed by atoms with Crippen molar-refractivity contribution in [2.45, 2.75) is 6.61 Å². The van der Waals surface area contributed by atoms with Gasteiger partial charge in [0.25, 0.3) is 11.8 Å². The maximum atomic E-state index is 13.2. The van der Waals surface area contributed by atoms with Crippen molar-refractivity contribution in [3.8, 4) is 5.75 Å². The van der Waals surface area contributed by atoms with Crippen LogP contribution < -0.4 is 15.0 Å². The number of carboxylic acid groups (broad SMARTS) is 1. The Morgan fingerprint density at radius 3 is 2.53 bits per heavy atom. The Hall–Kier alpha value is -4.37. The molecular formula is C25H17FN2O5S. The number of hydrogen-bond acceptors (Lipinski definition) is 5. The average Bonchev–Trinajstić information content (AvgIpc) is 2.82. The van der Waals surface area contributed by atoms with E-state index in [2.05, 4.69) is 5.32 Å². The number of nitrogens with one attached hydrogen (secondary N) is 1. The molecule has 0 radical (unpaired) electrons. The molecule has 1 fully saturated rings. The van der Waals surface area contributed by atoms with Gasteiger partial charge in [0.2, 0.25) is 0 Å². The molecule has 34 heavy (non-hydrogen) atoms. The number of carbonyl (C=O) groups excluding carboxylic acids is 2. The molecular weight excluding hydrogens is 459 g/mol. The minimum absolute atomic E-state index is 0.0323. The molecule has 2 N–H and O–H groups in total. The first kappa shape index (κ1) is 22.8. The van der Waals surface area contributed by atoms with E-state index in [4.69, 9.17) is 17.0 Å². The van der Waals surface area contributed by atoms with Crippen LogP contribution in [0.3, 0.4) is 0 Å². The number of carboxylic acids is 1. The molecule has 3 aromatic rings. The lowest BCUT2D eigenvalue weighted by Crippen LogP contribution is -2.54. The molecule has 0 unspecified atom stereocenters. The minimum atomic E-state index is -1.16. The van der Waals surface area contributed by atoms with Crippen LogP contribution in [0.25, 0.3) is 6.08 Å². The zero-order valence-electron chi connectivity index (χ0n) is 17.5. The molecule has 0 atom stereocenters. The summed E-state index contributed by atoms with van der Waals surface area (Å²) in [5, 5.41) is 11.6. The smallest absolute Gasteiger partial charge is 0.335 e. The Kier molecular flexibility index (Phi) is 6.46. The average molecular weight is 476 g/mol. The van der Waals surface area contributed by atoms with Crippen LogP contribution in [0.5, 0.6) is 5.75 Å². The minimum Gasteiger partial charge on any atom is -0.488 e. The van der Waals surface area contributed by atoms with Gasteiger partial charge >= 0.3 is 5.97 Å². The summed E-state index contributed by atoms with van der Waals surface area (Å²) in [5.41, 5.74) is 1.18. The number of aromatic carboxylic acids is 1. The molecule has 1 saturated heterocycles. The molecule has 0 aromatic heterocycles. The van der Waals surface area contributed by atoms with Crippen LogP contribution in [0.4, 0.5) is 10.1 Å². The number of carbonyl (C=O) groups is 3. The van der Waals surface area contributed by atoms with Crippen molar-refractivity contribution < 1.29 is 28.6 Å². The number of benzene rings is 3. The van der Waals surface area contributed by atoms with Crippen molar-refractivity contribution in [3.63, 3.8) is 0 Å². The van der Waals surface area contributed by atoms with E-state index in [0.717, 1.165) is 10.5 Å². The van der Waals surface area contributed by atoms with E-state index in [-0.39, 0.29) is 34.4 Å². The van der Waals surface area contributed by atoms with E-state index >= 15 is 0 Å². The third-order valence-corrected chi connectivity index (χ3v) is 5.26. The second-order valence-electron chi connectivity index (χ2n) is 7.27. The second kappa shape index (κ2) is 9.63. The summed E-state index contributed by atoms with van der Waals surface area (Å²) in [4.78, 5) is 38.2. The Balaban J connectivity index is 1.64. The first-order valence-corrected chi connectivity index (χ1v) is 10.5. The van der Waals surface area contributed by atoms with Gasteiger partial charge in [-0.15, -0.1) is 0 Å². The summed E-state index contributed by atoms with van der Waals surface area (Å²) in [7, 11) is 0. The summed E-state index contributed by atoms with van der Waals surface area (Å²) >= 11 is 5.17. The molecule has 3 aromatic carbocycles. The predicted molar refractivity (Wildman–Crippen MR) is 127 cm³/mol. The molecule has 9 heteroatoms. The van der Waals surface area contributed by atoms with E-state index < -0.39 is 17.8 Å². The second-order valence-corrected chi connectivity index (χ2v) is 7.65. The Bertz CT molecular complexity index is 1340. The van der Waals surface area contributed by atoms with Gasteiger partial charge in [0.1, 0.15) is 23.7 Å². The van der Waals surface area contributed by atoms with Gasteiger partial charge in [-0.05, 0) is 60.3 Å². The molecule has 1 aliphatic heterocycles. The van der Waals surface area contributed by atoms with Gasteiger partial charge in [0.05, 0.1) is 11.3 Å². The molecule has 7 nitrogen and oxygen atoms in total. The van der Waals surface area contributed by atoms with E-state index in [9.17, 15) is 23.9 Å². The van der Waals surface area contributed by atoms with Gasteiger partial charge in [-0.3, -0.25) is 19.8 Å². The third kappa shape index (κ3) is 4.84. The standard InChI is InChI=1S/C25H17FN2O5S/c26-18-10-8-15(9-11-18)14-33-21-7-2-1-4-16(21)13-20-22(29)27-25(34)28(23(20)30)19-6-3-5-17(12-19)24(31)32/h1-13H,14H2,(H,31,32)(H,27,29,34). The molecule has 4 rings (SSSR count). The number of anilines is 1. The van der Waals surface area contributed by atoms with E-state index in [1.54, 1.807) is 36.4 Å². The molecule has 2 amide bonds. The highest BCUT2D eigenvalue weighted by atomic mass is 32.1. The lowest BCUT2D eigenvalue weighted by atomic mass is 10.1. The molecule has 1 aliphatic rings. The number of rotatable bonds is 6. The van der Waals surface area contributed by atoms with Crippen molar-refractivity contribution in [1.29, 1.82) is 0 Å². The number of nitrogens with zero attached hydrogens (tertiary/aromatic N) is 1. The van der Waals surface area contributed by atoms with E-state index in [1.165, 1.54) is 42.5 Å². The van der Waals surface area contributed by atoms with Crippen LogP contribution in [0.15, 0.2) is 78.4 Å². The Morgan fingerprint density at radius 2 is 1.79 bits per heavy atom. The fourth-order valence-electron chi connectivity index (χ4n) is 3.30. The topological polar surface area (TPSA) is 95.9 Å². The number of hydrogen-bond donors (Lipinski definition) is 2. The maximum Gasteiger partial charge on any atom is 0.335 e. The van der Waals surface area contributed by atoms with Crippen LogP contribution >= 0.6 is 12.2 Å². The van der Waals surface area contributed by atoms with Crippen LogP contribution in [-0.4, -0.2) is 28.0 Å². The zero-order valence-corrected chi connectivity index (χ0v) is 18.3. The lowest BCUT2D eigenvalue weighted by molar-refractivity contribution is -0.122. The fraction of sp³-hybridized carbons (Fsp3) is 0.0400. The highest BCUT2D eigenvalue weighted by Crippen LogP contribution is 2.26. The van der Waals surface area contributed by atoms with Crippen molar-refractivity contribution in [2.24, 2.45) is 0 Å². The van der Waals surface area contributed by atoms with Crippen molar-refractivity contribution in [3.05, 3.63) is 101 Å². The van der Waals surface area contributed by atoms with Crippen LogP contribution in [0.1, 0.15) is 21.5 Å². The van der Waals surface area contributed by atoms with Gasteiger partial charge < -0.3 is 9.84 Å². The quantitative estimate of drug-likeness (QED) is 0.318. The highest BCUT2D eigenvalue weighted by molar-refractivity contribution is 7.80. The normalized spacial score (nSPS) is 14.8. The van der Waals surface area contributed by atoms with Crippen molar-refractivity contribution in [1.82, 2.24) is 5.32 Å². The largest absolute Gasteiger partial charge is 0.488 e. The molecule has 1 heterocycles. The Labute approximate surface area is 199 Å². The molecule has 0 saturated carbocycles. The van der Waals surface area contributed by atoms with E-state index in [1.807, 2.05) is 0 Å². The van der Waals surface area contributed by atoms with Crippen molar-refractivity contribution in [2.75, 3.05) is 4.90 Å². The molecule has 0 bridgehead atoms. The van der Waals surface area contributed by atoms with E-state index in [0.29, 0.717) is 11.3 Å². The maximum absolute atomic E-state index is 13.2. The predicted octanol–water partition coefficient (Wildman–Crippen LogP) is 3.93. The van der Waals surface area contributed by atoms with Crippen LogP contribution in [0.2, 0.25) is 0 Å². The number of halogens is 1. The summed E-state index contributed by atoms with van der Waals surface area (Å²) < 4.78 is 19.0. The fourth-order valence-corrected chi connectivity index (χ4v) is 3.58. The summed E-state index contributed by atoms with van der Waals surface area (Å²) in [6.45, 7) is 0.152. The summed E-state index contributed by atoms with van der Waals surface area (Å²) in [5.74, 6) is -2.50. The van der Waals surface area contributed by atoms with Gasteiger partial charge in [-0.2, -0.15) is 0 Å². The van der Waals surface area contributed by atoms with Gasteiger partial charge in [0, 0.05) is 5.56 Å². The highest BCUT2D eigenvalue weighted by Gasteiger charge is 2.35. The van der Waals surface area contributed by atoms with Gasteiger partial charge in [0.15, 0.2) is 5.11 Å². The number of ether oxygens (including phenoxy) is 1. The SMILES string of the molecule is O=C1NC(=S)N(c2cccc(C(=O)O)c2)C(=O)C1=Cc1ccccc1OCc1ccc(F)cc1. The Morgan fingerprint density at radius 1 is 1.06 bits per heavy atom. The molecule has 0 spiro atoms. The van der Waals surface area contributed by atoms with Gasteiger partial charge in [-0.1, -0.05) is 36.4 Å². The first-order chi connectivity index (χ1) is 16.3. The summed E-state index contributed by atoms with van der Waals surface area (Å²) in [6.07, 6.45) is 1.38.